The van der Waals surface area contributed by atoms with Gasteiger partial charge < -0.3 is 16.8 Å². The van der Waals surface area contributed by atoms with Gasteiger partial charge in [-0.1, -0.05) is 6.92 Å². The lowest BCUT2D eigenvalue weighted by Gasteiger charge is -2.19. The van der Waals surface area contributed by atoms with Gasteiger partial charge in [0, 0.05) is 19.1 Å². The first-order valence-electron chi connectivity index (χ1n) is 6.16. The van der Waals surface area contributed by atoms with Gasteiger partial charge in [-0.05, 0) is 30.9 Å². The molecule has 1 aliphatic carbocycles. The predicted octanol–water partition coefficient (Wildman–Crippen LogP) is 0.720. The lowest BCUT2D eigenvalue weighted by Crippen LogP contribution is -2.31. The second-order valence-corrected chi connectivity index (χ2v) is 5.20. The Bertz CT molecular complexity index is 429. The molecule has 1 saturated carbocycles. The first kappa shape index (κ1) is 13.1. The van der Waals surface area contributed by atoms with E-state index in [0.717, 1.165) is 25.7 Å². The summed E-state index contributed by atoms with van der Waals surface area (Å²) >= 11 is 1.18. The van der Waals surface area contributed by atoms with Crippen LogP contribution in [0.1, 0.15) is 30.1 Å². The summed E-state index contributed by atoms with van der Waals surface area (Å²) in [6, 6.07) is 0.749. The van der Waals surface area contributed by atoms with Crippen LogP contribution < -0.4 is 16.8 Å². The number of aromatic nitrogens is 1. The van der Waals surface area contributed by atoms with Gasteiger partial charge in [-0.15, -0.1) is 0 Å². The molecule has 100 valence electrons. The molecule has 1 amide bonds. The van der Waals surface area contributed by atoms with Crippen molar-refractivity contribution >= 4 is 28.3 Å². The number of hydrogen-bond donors (Lipinski definition) is 3. The molecule has 18 heavy (non-hydrogen) atoms. The fourth-order valence-electron chi connectivity index (χ4n) is 2.01. The predicted molar refractivity (Wildman–Crippen MR) is 73.8 cm³/mol. The minimum absolute atomic E-state index is 0.213. The van der Waals surface area contributed by atoms with E-state index in [1.54, 1.807) is 0 Å². The van der Waals surface area contributed by atoms with Crippen molar-refractivity contribution in [1.29, 1.82) is 0 Å². The largest absolute Gasteiger partial charge is 0.382 e. The van der Waals surface area contributed by atoms with Crippen LogP contribution in [0.2, 0.25) is 0 Å². The molecule has 0 unspecified atom stereocenters. The molecular formula is C11H19N5OS. The second-order valence-electron chi connectivity index (χ2n) is 4.42. The summed E-state index contributed by atoms with van der Waals surface area (Å²) in [5.41, 5.74) is 11.2. The summed E-state index contributed by atoms with van der Waals surface area (Å²) in [7, 11) is 0. The smallest absolute Gasteiger partial charge is 0.255 e. The van der Waals surface area contributed by atoms with E-state index in [2.05, 4.69) is 21.5 Å². The second kappa shape index (κ2) is 5.53. The highest BCUT2D eigenvalue weighted by molar-refractivity contribution is 7.11. The Hall–Kier alpha value is -1.34. The monoisotopic (exact) mass is 269 g/mol. The van der Waals surface area contributed by atoms with E-state index in [0.29, 0.717) is 10.6 Å². The quantitative estimate of drug-likeness (QED) is 0.677. The molecule has 1 fully saturated rings. The van der Waals surface area contributed by atoms with E-state index in [1.807, 2.05) is 0 Å². The molecule has 0 spiro atoms. The molecule has 0 atom stereocenters. The third-order valence-electron chi connectivity index (χ3n) is 3.12. The first-order valence-corrected chi connectivity index (χ1v) is 6.93. The molecule has 1 aliphatic rings. The number of carbonyl (C=O) groups is 1. The van der Waals surface area contributed by atoms with Crippen LogP contribution in [0, 0.1) is 0 Å². The van der Waals surface area contributed by atoms with Crippen molar-refractivity contribution in [3.63, 3.8) is 0 Å². The Labute approximate surface area is 110 Å². The van der Waals surface area contributed by atoms with Crippen molar-refractivity contribution < 1.29 is 4.79 Å². The van der Waals surface area contributed by atoms with Crippen molar-refractivity contribution in [3.8, 4) is 0 Å². The third-order valence-corrected chi connectivity index (χ3v) is 3.94. The molecule has 6 nitrogen and oxygen atoms in total. The maximum Gasteiger partial charge on any atom is 0.255 e. The summed E-state index contributed by atoms with van der Waals surface area (Å²) in [5, 5.41) is 3.87. The molecule has 1 heterocycles. The SMILES string of the molecule is CCN(CCNc1snc(N)c1C(N)=O)C1CC1. The number of primary amides is 1. The zero-order valence-corrected chi connectivity index (χ0v) is 11.3. The molecular weight excluding hydrogens is 250 g/mol. The van der Waals surface area contributed by atoms with Crippen LogP contribution in [-0.4, -0.2) is 40.9 Å². The summed E-state index contributed by atoms with van der Waals surface area (Å²) in [5.74, 6) is -0.317. The van der Waals surface area contributed by atoms with Crippen LogP contribution >= 0.6 is 11.5 Å². The zero-order valence-electron chi connectivity index (χ0n) is 10.5. The number of nitrogen functional groups attached to an aromatic ring is 1. The van der Waals surface area contributed by atoms with Crippen LogP contribution in [0.25, 0.3) is 0 Å². The molecule has 0 radical (unpaired) electrons. The highest BCUT2D eigenvalue weighted by Gasteiger charge is 2.27. The first-order chi connectivity index (χ1) is 8.63. The van der Waals surface area contributed by atoms with Gasteiger partial charge in [0.15, 0.2) is 5.82 Å². The molecule has 0 saturated heterocycles. The van der Waals surface area contributed by atoms with Crippen LogP contribution in [0.4, 0.5) is 10.8 Å². The van der Waals surface area contributed by atoms with Gasteiger partial charge in [-0.25, -0.2) is 0 Å². The van der Waals surface area contributed by atoms with Gasteiger partial charge >= 0.3 is 0 Å². The van der Waals surface area contributed by atoms with Gasteiger partial charge in [-0.3, -0.25) is 9.69 Å². The number of hydrogen-bond acceptors (Lipinski definition) is 6. The Balaban J connectivity index is 1.88. The maximum atomic E-state index is 11.2. The summed E-state index contributed by atoms with van der Waals surface area (Å²) in [6.45, 7) is 4.95. The number of rotatable bonds is 7. The summed E-state index contributed by atoms with van der Waals surface area (Å²) < 4.78 is 3.95. The van der Waals surface area contributed by atoms with E-state index in [4.69, 9.17) is 11.5 Å². The number of amides is 1. The fraction of sp³-hybridized carbons (Fsp3) is 0.636. The van der Waals surface area contributed by atoms with Crippen LogP contribution in [0.15, 0.2) is 0 Å². The highest BCUT2D eigenvalue weighted by atomic mass is 32.1. The number of nitrogens with zero attached hydrogens (tertiary/aromatic N) is 2. The van der Waals surface area contributed by atoms with Crippen molar-refractivity contribution in [1.82, 2.24) is 9.27 Å². The molecule has 1 aromatic heterocycles. The van der Waals surface area contributed by atoms with Gasteiger partial charge in [0.05, 0.1) is 0 Å². The molecule has 1 aromatic rings. The summed E-state index contributed by atoms with van der Waals surface area (Å²) in [6.07, 6.45) is 2.60. The van der Waals surface area contributed by atoms with Crippen LogP contribution in [0.3, 0.4) is 0 Å². The van der Waals surface area contributed by atoms with Crippen molar-refractivity contribution in [2.75, 3.05) is 30.7 Å². The minimum atomic E-state index is -0.529. The Morgan fingerprint density at radius 2 is 2.33 bits per heavy atom. The molecule has 0 aromatic carbocycles. The molecule has 0 aliphatic heterocycles. The number of nitrogens with one attached hydrogen (secondary N) is 1. The highest BCUT2D eigenvalue weighted by Crippen LogP contribution is 2.27. The lowest BCUT2D eigenvalue weighted by atomic mass is 10.3. The normalized spacial score (nSPS) is 15.0. The fourth-order valence-corrected chi connectivity index (χ4v) is 2.76. The number of nitrogens with two attached hydrogens (primary N) is 2. The van der Waals surface area contributed by atoms with Gasteiger partial charge in [0.1, 0.15) is 10.6 Å². The molecule has 7 heteroatoms. The van der Waals surface area contributed by atoms with Crippen molar-refractivity contribution in [2.45, 2.75) is 25.8 Å². The third kappa shape index (κ3) is 2.91. The summed E-state index contributed by atoms with van der Waals surface area (Å²) in [4.78, 5) is 13.7. The molecule has 5 N–H and O–H groups in total. The zero-order chi connectivity index (χ0) is 13.1. The van der Waals surface area contributed by atoms with Crippen molar-refractivity contribution in [3.05, 3.63) is 5.56 Å². The van der Waals surface area contributed by atoms with Crippen LogP contribution in [-0.2, 0) is 0 Å². The van der Waals surface area contributed by atoms with Gasteiger partial charge in [0.25, 0.3) is 5.91 Å². The van der Waals surface area contributed by atoms with Gasteiger partial charge in [-0.2, -0.15) is 4.37 Å². The van der Waals surface area contributed by atoms with Crippen molar-refractivity contribution in [2.24, 2.45) is 5.73 Å². The van der Waals surface area contributed by atoms with E-state index in [-0.39, 0.29) is 5.82 Å². The number of anilines is 2. The molecule has 0 bridgehead atoms. The maximum absolute atomic E-state index is 11.2. The average Bonchev–Trinajstić information content (AvgIpc) is 3.09. The minimum Gasteiger partial charge on any atom is -0.382 e. The van der Waals surface area contributed by atoms with E-state index in [1.165, 1.54) is 24.4 Å². The van der Waals surface area contributed by atoms with E-state index in [9.17, 15) is 4.79 Å². The number of carbonyl (C=O) groups excluding carboxylic acids is 1. The lowest BCUT2D eigenvalue weighted by molar-refractivity contribution is 0.100. The topological polar surface area (TPSA) is 97.3 Å². The van der Waals surface area contributed by atoms with Gasteiger partial charge in [0.2, 0.25) is 0 Å². The average molecular weight is 269 g/mol. The number of likely N-dealkylation sites (N-methyl/N-ethyl adjacent to an activating group) is 1. The van der Waals surface area contributed by atoms with Crippen LogP contribution in [0.5, 0.6) is 0 Å². The van der Waals surface area contributed by atoms with E-state index < -0.39 is 5.91 Å². The Kier molecular flexibility index (Phi) is 4.03. The standard InChI is InChI=1S/C11H19N5OS/c1-2-16(7-3-4-7)6-5-14-11-8(10(13)17)9(12)15-18-11/h7,14H,2-6H2,1H3,(H2,12,15)(H2,13,17). The Morgan fingerprint density at radius 3 is 2.89 bits per heavy atom. The van der Waals surface area contributed by atoms with E-state index >= 15 is 0 Å². The Morgan fingerprint density at radius 1 is 1.61 bits per heavy atom. The molecule has 2 rings (SSSR count).